The van der Waals surface area contributed by atoms with Gasteiger partial charge in [-0.05, 0) is 78.9 Å². The number of carboxylic acids is 1. The van der Waals surface area contributed by atoms with Crippen LogP contribution in [0, 0.1) is 12.7 Å². The van der Waals surface area contributed by atoms with Crippen LogP contribution in [0.1, 0.15) is 41.6 Å². The van der Waals surface area contributed by atoms with Gasteiger partial charge in [-0.2, -0.15) is 10.2 Å². The second kappa shape index (κ2) is 10.7. The molecule has 3 aromatic carbocycles. The summed E-state index contributed by atoms with van der Waals surface area (Å²) in [5.74, 6) is -0.745. The minimum atomic E-state index is -0.875. The Hall–Kier alpha value is -4.46. The first-order valence-corrected chi connectivity index (χ1v) is 12.8. The van der Waals surface area contributed by atoms with Crippen LogP contribution in [0.5, 0.6) is 5.75 Å². The Labute approximate surface area is 227 Å². The molecule has 200 valence electrons. The summed E-state index contributed by atoms with van der Waals surface area (Å²) in [6, 6.07) is 20.3. The Morgan fingerprint density at radius 1 is 1.05 bits per heavy atom. The van der Waals surface area contributed by atoms with Crippen molar-refractivity contribution in [2.75, 3.05) is 12.1 Å². The van der Waals surface area contributed by atoms with Crippen LogP contribution >= 0.6 is 0 Å². The number of hydrogen-bond donors (Lipinski definition) is 1. The zero-order valence-electron chi connectivity index (χ0n) is 22.4. The molecule has 7 nitrogen and oxygen atoms in total. The summed E-state index contributed by atoms with van der Waals surface area (Å²) in [5, 5.41) is 20.7. The highest BCUT2D eigenvalue weighted by atomic mass is 19.1. The van der Waals surface area contributed by atoms with Crippen LogP contribution in [0.2, 0.25) is 0 Å². The predicted octanol–water partition coefficient (Wildman–Crippen LogP) is 5.96. The van der Waals surface area contributed by atoms with E-state index in [9.17, 15) is 14.3 Å². The van der Waals surface area contributed by atoms with E-state index in [4.69, 9.17) is 9.84 Å². The van der Waals surface area contributed by atoms with Gasteiger partial charge in [0.2, 0.25) is 0 Å². The number of carbonyl (C=O) groups is 1. The zero-order valence-corrected chi connectivity index (χ0v) is 22.4. The third-order valence-corrected chi connectivity index (χ3v) is 7.27. The van der Waals surface area contributed by atoms with E-state index in [0.29, 0.717) is 17.7 Å². The number of aryl methyl sites for hydroxylation is 2. The standard InChI is InChI=1S/C31H31FN4O3/c1-19-15-23(26-17-25(39-4)11-12-27(26)32)8-7-22(19)16-21-5-9-24(10-6-21)36-29(18-30(37)38)31(20(2)33-36)28-13-14-35(3)34-28/h5-15,17,29,31H,16,18H2,1-4H3,(H,37,38). The molecule has 5 rings (SSSR count). The van der Waals surface area contributed by atoms with Crippen LogP contribution in [0.15, 0.2) is 78.0 Å². The van der Waals surface area contributed by atoms with Crippen LogP contribution in [-0.4, -0.2) is 39.7 Å². The summed E-state index contributed by atoms with van der Waals surface area (Å²) in [5.41, 5.74) is 7.12. The molecule has 39 heavy (non-hydrogen) atoms. The molecule has 0 bridgehead atoms. The number of nitrogens with zero attached hydrogens (tertiary/aromatic N) is 4. The average molecular weight is 527 g/mol. The van der Waals surface area contributed by atoms with E-state index in [2.05, 4.69) is 5.10 Å². The summed E-state index contributed by atoms with van der Waals surface area (Å²) in [6.45, 7) is 3.95. The van der Waals surface area contributed by atoms with Crippen molar-refractivity contribution in [3.05, 3.63) is 101 Å². The second-order valence-electron chi connectivity index (χ2n) is 9.97. The van der Waals surface area contributed by atoms with Crippen molar-refractivity contribution in [1.82, 2.24) is 9.78 Å². The molecular weight excluding hydrogens is 495 g/mol. The minimum absolute atomic E-state index is 0.0523. The summed E-state index contributed by atoms with van der Waals surface area (Å²) >= 11 is 0. The monoisotopic (exact) mass is 526 g/mol. The maximum absolute atomic E-state index is 14.5. The van der Waals surface area contributed by atoms with E-state index in [-0.39, 0.29) is 24.2 Å². The zero-order chi connectivity index (χ0) is 27.7. The van der Waals surface area contributed by atoms with Gasteiger partial charge in [0, 0.05) is 24.5 Å². The SMILES string of the molecule is COc1ccc(F)c(-c2ccc(Cc3ccc(N4N=C(C)C(c5ccn(C)n5)C4CC(=O)O)cc3)c(C)c2)c1. The van der Waals surface area contributed by atoms with Crippen molar-refractivity contribution in [3.63, 3.8) is 0 Å². The van der Waals surface area contributed by atoms with Gasteiger partial charge >= 0.3 is 5.97 Å². The molecular formula is C31H31FN4O3. The summed E-state index contributed by atoms with van der Waals surface area (Å²) in [4.78, 5) is 11.7. The van der Waals surface area contributed by atoms with E-state index >= 15 is 0 Å². The topological polar surface area (TPSA) is 80.0 Å². The largest absolute Gasteiger partial charge is 0.497 e. The fraction of sp³-hybridized carbons (Fsp3) is 0.258. The molecule has 1 aliphatic rings. The Morgan fingerprint density at radius 3 is 2.46 bits per heavy atom. The second-order valence-corrected chi connectivity index (χ2v) is 9.97. The number of carboxylic acid groups (broad SMARTS) is 1. The number of methoxy groups -OCH3 is 1. The molecule has 4 aromatic rings. The van der Waals surface area contributed by atoms with Gasteiger partial charge < -0.3 is 9.84 Å². The Bertz CT molecular complexity index is 1540. The summed E-state index contributed by atoms with van der Waals surface area (Å²) in [6.07, 6.45) is 2.52. The van der Waals surface area contributed by atoms with E-state index in [1.54, 1.807) is 23.9 Å². The molecule has 1 aliphatic heterocycles. The van der Waals surface area contributed by atoms with E-state index < -0.39 is 5.97 Å². The maximum atomic E-state index is 14.5. The lowest BCUT2D eigenvalue weighted by Crippen LogP contribution is -2.34. The molecule has 0 saturated heterocycles. The number of anilines is 1. The van der Waals surface area contributed by atoms with E-state index in [1.165, 1.54) is 6.07 Å². The number of ether oxygens (including phenoxy) is 1. The number of aliphatic carboxylic acids is 1. The molecule has 2 unspecified atom stereocenters. The molecule has 0 aliphatic carbocycles. The highest BCUT2D eigenvalue weighted by molar-refractivity contribution is 5.93. The quantitative estimate of drug-likeness (QED) is 0.307. The van der Waals surface area contributed by atoms with Gasteiger partial charge in [0.1, 0.15) is 11.6 Å². The Morgan fingerprint density at radius 2 is 1.82 bits per heavy atom. The predicted molar refractivity (Wildman–Crippen MR) is 150 cm³/mol. The van der Waals surface area contributed by atoms with Gasteiger partial charge in [-0.15, -0.1) is 0 Å². The Kier molecular flexibility index (Phi) is 7.19. The minimum Gasteiger partial charge on any atom is -0.497 e. The van der Waals surface area contributed by atoms with Crippen molar-refractivity contribution in [3.8, 4) is 16.9 Å². The van der Waals surface area contributed by atoms with E-state index in [0.717, 1.165) is 39.3 Å². The molecule has 8 heteroatoms. The number of rotatable bonds is 8. The fourth-order valence-corrected chi connectivity index (χ4v) is 5.27. The summed E-state index contributed by atoms with van der Waals surface area (Å²) < 4.78 is 21.5. The number of hydrogen-bond acceptors (Lipinski definition) is 5. The lowest BCUT2D eigenvalue weighted by molar-refractivity contribution is -0.137. The van der Waals surface area contributed by atoms with Gasteiger partial charge in [-0.25, -0.2) is 4.39 Å². The lowest BCUT2D eigenvalue weighted by atomic mass is 9.90. The fourth-order valence-electron chi connectivity index (χ4n) is 5.27. The van der Waals surface area contributed by atoms with Crippen molar-refractivity contribution in [2.45, 2.75) is 38.6 Å². The molecule has 0 saturated carbocycles. The van der Waals surface area contributed by atoms with Gasteiger partial charge in [0.25, 0.3) is 0 Å². The highest BCUT2D eigenvalue weighted by Crippen LogP contribution is 2.36. The molecule has 2 heterocycles. The number of hydrazone groups is 1. The van der Waals surface area contributed by atoms with Gasteiger partial charge in [0.15, 0.2) is 0 Å². The lowest BCUT2D eigenvalue weighted by Gasteiger charge is -2.26. The highest BCUT2D eigenvalue weighted by Gasteiger charge is 2.39. The third kappa shape index (κ3) is 5.41. The molecule has 1 aromatic heterocycles. The van der Waals surface area contributed by atoms with Crippen LogP contribution in [0.25, 0.3) is 11.1 Å². The van der Waals surface area contributed by atoms with Crippen molar-refractivity contribution < 1.29 is 19.0 Å². The van der Waals surface area contributed by atoms with Crippen molar-refractivity contribution in [1.29, 1.82) is 0 Å². The van der Waals surface area contributed by atoms with Gasteiger partial charge in [-0.3, -0.25) is 14.5 Å². The van der Waals surface area contributed by atoms with Crippen LogP contribution in [0.4, 0.5) is 10.1 Å². The third-order valence-electron chi connectivity index (χ3n) is 7.27. The number of halogens is 1. The molecule has 0 amide bonds. The smallest absolute Gasteiger partial charge is 0.305 e. The van der Waals surface area contributed by atoms with Crippen molar-refractivity contribution >= 4 is 17.4 Å². The van der Waals surface area contributed by atoms with Crippen LogP contribution < -0.4 is 9.75 Å². The molecule has 0 fully saturated rings. The summed E-state index contributed by atoms with van der Waals surface area (Å²) in [7, 11) is 3.42. The van der Waals surface area contributed by atoms with E-state index in [1.807, 2.05) is 80.6 Å². The Balaban J connectivity index is 1.36. The molecule has 0 spiro atoms. The maximum Gasteiger partial charge on any atom is 0.305 e. The first-order chi connectivity index (χ1) is 18.7. The first kappa shape index (κ1) is 26.2. The van der Waals surface area contributed by atoms with Crippen molar-refractivity contribution in [2.24, 2.45) is 12.1 Å². The van der Waals surface area contributed by atoms with Crippen LogP contribution in [-0.2, 0) is 18.3 Å². The number of benzene rings is 3. The van der Waals surface area contributed by atoms with Gasteiger partial charge in [0.05, 0.1) is 36.9 Å². The van der Waals surface area contributed by atoms with Gasteiger partial charge in [-0.1, -0.05) is 30.3 Å². The van der Waals surface area contributed by atoms with Crippen LogP contribution in [0.3, 0.4) is 0 Å². The normalized spacial score (nSPS) is 16.8. The molecule has 1 N–H and O–H groups in total. The average Bonchev–Trinajstić information content (AvgIpc) is 3.47. The first-order valence-electron chi connectivity index (χ1n) is 12.8. The number of aromatic nitrogens is 2. The molecule has 0 radical (unpaired) electrons. The molecule has 2 atom stereocenters.